The van der Waals surface area contributed by atoms with Gasteiger partial charge in [-0.15, -0.1) is 0 Å². The molecule has 20 heavy (non-hydrogen) atoms. The van der Waals surface area contributed by atoms with Gasteiger partial charge in [0.2, 0.25) is 0 Å². The summed E-state index contributed by atoms with van der Waals surface area (Å²) in [6.45, 7) is 0. The molecule has 0 aromatic heterocycles. The number of nitrogens with one attached hydrogen (secondary N) is 1. The zero-order chi connectivity index (χ0) is 14.7. The van der Waals surface area contributed by atoms with Gasteiger partial charge in [0.15, 0.2) is 0 Å². The Morgan fingerprint density at radius 2 is 1.80 bits per heavy atom. The number of amides is 1. The highest BCUT2D eigenvalue weighted by molar-refractivity contribution is 5.99. The number of carboxylic acids is 1. The van der Waals surface area contributed by atoms with Crippen LogP contribution < -0.4 is 11.1 Å². The summed E-state index contributed by atoms with van der Waals surface area (Å²) in [5.41, 5.74) is 5.69. The quantitative estimate of drug-likeness (QED) is 0.798. The molecule has 0 aliphatic carbocycles. The van der Waals surface area contributed by atoms with Crippen LogP contribution in [0.5, 0.6) is 0 Å². The first-order valence-corrected chi connectivity index (χ1v) is 5.67. The molecule has 4 N–H and O–H groups in total. The molecule has 0 heterocycles. The molecule has 2 rings (SSSR count). The molecule has 0 fully saturated rings. The van der Waals surface area contributed by atoms with Crippen molar-refractivity contribution in [3.8, 4) is 0 Å². The number of para-hydroxylation sites is 1. The van der Waals surface area contributed by atoms with Gasteiger partial charge in [0.1, 0.15) is 5.82 Å². The summed E-state index contributed by atoms with van der Waals surface area (Å²) in [6, 6.07) is 9.83. The van der Waals surface area contributed by atoms with Crippen LogP contribution in [0.1, 0.15) is 20.7 Å². The van der Waals surface area contributed by atoms with E-state index in [1.165, 1.54) is 18.2 Å². The average molecular weight is 274 g/mol. The predicted molar refractivity (Wildman–Crippen MR) is 71.6 cm³/mol. The van der Waals surface area contributed by atoms with E-state index in [4.69, 9.17) is 10.8 Å². The molecule has 5 nitrogen and oxygen atoms in total. The van der Waals surface area contributed by atoms with Crippen LogP contribution in [-0.2, 0) is 0 Å². The minimum Gasteiger partial charge on any atom is -0.478 e. The van der Waals surface area contributed by atoms with Crippen LogP contribution >= 0.6 is 0 Å². The normalized spacial score (nSPS) is 10.1. The molecule has 0 saturated heterocycles. The number of carbonyl (C=O) groups excluding carboxylic acids is 1. The van der Waals surface area contributed by atoms with Crippen LogP contribution in [0.3, 0.4) is 0 Å². The monoisotopic (exact) mass is 274 g/mol. The Morgan fingerprint density at radius 1 is 1.10 bits per heavy atom. The first-order valence-electron chi connectivity index (χ1n) is 5.67. The maximum Gasteiger partial charge on any atom is 0.335 e. The molecular formula is C14H11FN2O3. The van der Waals surface area contributed by atoms with E-state index in [0.29, 0.717) is 5.69 Å². The Balaban J connectivity index is 2.36. The number of aromatic carboxylic acids is 1. The van der Waals surface area contributed by atoms with Crippen molar-refractivity contribution in [2.24, 2.45) is 5.73 Å². The predicted octanol–water partition coefficient (Wildman–Crippen LogP) is 2.37. The van der Waals surface area contributed by atoms with Crippen LogP contribution in [0.4, 0.5) is 15.8 Å². The maximum absolute atomic E-state index is 13.8. The summed E-state index contributed by atoms with van der Waals surface area (Å²) >= 11 is 0. The summed E-state index contributed by atoms with van der Waals surface area (Å²) in [7, 11) is 0. The molecule has 2 aromatic carbocycles. The number of halogens is 1. The molecule has 0 aliphatic rings. The van der Waals surface area contributed by atoms with Crippen LogP contribution in [-0.4, -0.2) is 17.0 Å². The van der Waals surface area contributed by atoms with E-state index in [2.05, 4.69) is 5.32 Å². The van der Waals surface area contributed by atoms with Crippen LogP contribution in [0.2, 0.25) is 0 Å². The van der Waals surface area contributed by atoms with Gasteiger partial charge in [-0.05, 0) is 30.3 Å². The minimum atomic E-state index is -1.21. The number of carbonyl (C=O) groups is 2. The van der Waals surface area contributed by atoms with Crippen molar-refractivity contribution in [1.82, 2.24) is 0 Å². The van der Waals surface area contributed by atoms with Crippen molar-refractivity contribution in [2.45, 2.75) is 0 Å². The molecule has 0 bridgehead atoms. The molecule has 102 valence electrons. The maximum atomic E-state index is 13.8. The molecule has 0 atom stereocenters. The van der Waals surface area contributed by atoms with E-state index < -0.39 is 17.7 Å². The van der Waals surface area contributed by atoms with Gasteiger partial charge < -0.3 is 16.2 Å². The number of benzene rings is 2. The highest BCUT2D eigenvalue weighted by atomic mass is 19.1. The molecule has 0 spiro atoms. The van der Waals surface area contributed by atoms with Gasteiger partial charge in [0.05, 0.1) is 22.5 Å². The Morgan fingerprint density at radius 3 is 2.40 bits per heavy atom. The van der Waals surface area contributed by atoms with Gasteiger partial charge in [-0.2, -0.15) is 0 Å². The lowest BCUT2D eigenvalue weighted by Gasteiger charge is -2.11. The van der Waals surface area contributed by atoms with Crippen molar-refractivity contribution in [3.05, 3.63) is 59.4 Å². The first-order chi connectivity index (χ1) is 9.49. The molecule has 0 radical (unpaired) electrons. The van der Waals surface area contributed by atoms with Crippen molar-refractivity contribution >= 4 is 23.3 Å². The third-order valence-electron chi connectivity index (χ3n) is 2.68. The fourth-order valence-corrected chi connectivity index (χ4v) is 1.70. The molecule has 0 saturated carbocycles. The number of hydrogen-bond acceptors (Lipinski definition) is 3. The Kier molecular flexibility index (Phi) is 3.65. The SMILES string of the molecule is NC(=O)c1ccccc1Nc1ccc(C(=O)O)cc1F. The number of rotatable bonds is 4. The molecule has 1 amide bonds. The minimum absolute atomic E-state index is 0.0590. The second-order valence-electron chi connectivity index (χ2n) is 4.03. The van der Waals surface area contributed by atoms with Gasteiger partial charge in [0.25, 0.3) is 5.91 Å². The third kappa shape index (κ3) is 2.74. The van der Waals surface area contributed by atoms with Crippen molar-refractivity contribution < 1.29 is 19.1 Å². The Hall–Kier alpha value is -2.89. The molecule has 6 heteroatoms. The lowest BCUT2D eigenvalue weighted by molar-refractivity contribution is 0.0696. The summed E-state index contributed by atoms with van der Waals surface area (Å²) in [5.74, 6) is -2.59. The van der Waals surface area contributed by atoms with E-state index in [-0.39, 0.29) is 16.8 Å². The van der Waals surface area contributed by atoms with Crippen molar-refractivity contribution in [3.63, 3.8) is 0 Å². The van der Waals surface area contributed by atoms with Gasteiger partial charge in [-0.1, -0.05) is 12.1 Å². The Bertz CT molecular complexity index is 686. The number of primary amides is 1. The fraction of sp³-hybridized carbons (Fsp3) is 0. The topological polar surface area (TPSA) is 92.4 Å². The lowest BCUT2D eigenvalue weighted by Crippen LogP contribution is -2.13. The van der Waals surface area contributed by atoms with E-state index in [1.807, 2.05) is 0 Å². The fourth-order valence-electron chi connectivity index (χ4n) is 1.70. The lowest BCUT2D eigenvalue weighted by atomic mass is 10.1. The first kappa shape index (κ1) is 13.5. The molecular weight excluding hydrogens is 263 g/mol. The summed E-state index contributed by atoms with van der Waals surface area (Å²) < 4.78 is 13.8. The van der Waals surface area contributed by atoms with Crippen LogP contribution in [0.15, 0.2) is 42.5 Å². The standard InChI is InChI=1S/C14H11FN2O3/c15-10-7-8(14(19)20)5-6-12(10)17-11-4-2-1-3-9(11)13(16)18/h1-7,17H,(H2,16,18)(H,19,20). The van der Waals surface area contributed by atoms with Gasteiger partial charge in [-0.25, -0.2) is 9.18 Å². The van der Waals surface area contributed by atoms with E-state index >= 15 is 0 Å². The van der Waals surface area contributed by atoms with E-state index in [1.54, 1.807) is 18.2 Å². The second kappa shape index (κ2) is 5.40. The average Bonchev–Trinajstić information content (AvgIpc) is 2.41. The molecule has 2 aromatic rings. The largest absolute Gasteiger partial charge is 0.478 e. The van der Waals surface area contributed by atoms with Gasteiger partial charge in [0, 0.05) is 0 Å². The van der Waals surface area contributed by atoms with Gasteiger partial charge in [-0.3, -0.25) is 4.79 Å². The molecule has 0 unspecified atom stereocenters. The van der Waals surface area contributed by atoms with Crippen LogP contribution in [0.25, 0.3) is 0 Å². The third-order valence-corrected chi connectivity index (χ3v) is 2.68. The smallest absolute Gasteiger partial charge is 0.335 e. The van der Waals surface area contributed by atoms with Crippen LogP contribution in [0, 0.1) is 5.82 Å². The highest BCUT2D eigenvalue weighted by Gasteiger charge is 2.11. The van der Waals surface area contributed by atoms with Gasteiger partial charge >= 0.3 is 5.97 Å². The summed E-state index contributed by atoms with van der Waals surface area (Å²) in [5, 5.41) is 11.5. The van der Waals surface area contributed by atoms with E-state index in [9.17, 15) is 14.0 Å². The zero-order valence-corrected chi connectivity index (χ0v) is 10.3. The Labute approximate surface area is 113 Å². The second-order valence-corrected chi connectivity index (χ2v) is 4.03. The number of hydrogen-bond donors (Lipinski definition) is 3. The summed E-state index contributed by atoms with van der Waals surface area (Å²) in [6.07, 6.45) is 0. The number of nitrogens with two attached hydrogens (primary N) is 1. The highest BCUT2D eigenvalue weighted by Crippen LogP contribution is 2.23. The van der Waals surface area contributed by atoms with E-state index in [0.717, 1.165) is 6.07 Å². The number of carboxylic acid groups (broad SMARTS) is 1. The van der Waals surface area contributed by atoms with Crippen molar-refractivity contribution in [1.29, 1.82) is 0 Å². The molecule has 0 aliphatic heterocycles. The number of anilines is 2. The summed E-state index contributed by atoms with van der Waals surface area (Å²) in [4.78, 5) is 22.0. The van der Waals surface area contributed by atoms with Crippen molar-refractivity contribution in [2.75, 3.05) is 5.32 Å². The zero-order valence-electron chi connectivity index (χ0n) is 10.3.